The Hall–Kier alpha value is -1.31. The van der Waals surface area contributed by atoms with Crippen molar-refractivity contribution < 1.29 is 9.53 Å². The van der Waals surface area contributed by atoms with Crippen LogP contribution in [0.5, 0.6) is 0 Å². The normalized spacial score (nSPS) is 19.4. The number of hydrogen-bond acceptors (Lipinski definition) is 2. The third-order valence-electron chi connectivity index (χ3n) is 4.24. The molecule has 0 saturated heterocycles. The summed E-state index contributed by atoms with van der Waals surface area (Å²) in [6, 6.07) is 10.1. The number of carbonyl (C=O) groups is 1. The van der Waals surface area contributed by atoms with Gasteiger partial charge in [0.15, 0.2) is 0 Å². The second-order valence-corrected chi connectivity index (χ2v) is 5.27. The number of hydrogen-bond donors (Lipinski definition) is 0. The van der Waals surface area contributed by atoms with Crippen molar-refractivity contribution in [1.29, 1.82) is 0 Å². The number of ether oxygens (including phenoxy) is 1. The van der Waals surface area contributed by atoms with Gasteiger partial charge in [0.2, 0.25) is 0 Å². The van der Waals surface area contributed by atoms with Gasteiger partial charge in [-0.1, -0.05) is 43.2 Å². The van der Waals surface area contributed by atoms with Crippen LogP contribution < -0.4 is 0 Å². The molecule has 1 fully saturated rings. The van der Waals surface area contributed by atoms with E-state index in [2.05, 4.69) is 19.1 Å². The average molecular weight is 246 g/mol. The molecule has 0 radical (unpaired) electrons. The van der Waals surface area contributed by atoms with Gasteiger partial charge in [0.05, 0.1) is 12.0 Å². The zero-order valence-corrected chi connectivity index (χ0v) is 11.3. The molecule has 2 heteroatoms. The van der Waals surface area contributed by atoms with Crippen molar-refractivity contribution in [2.45, 2.75) is 44.9 Å². The monoisotopic (exact) mass is 246 g/mol. The van der Waals surface area contributed by atoms with Crippen molar-refractivity contribution in [2.24, 2.45) is 5.92 Å². The van der Waals surface area contributed by atoms with E-state index < -0.39 is 5.41 Å². The van der Waals surface area contributed by atoms with E-state index in [1.54, 1.807) is 0 Å². The maximum Gasteiger partial charge on any atom is 0.316 e. The van der Waals surface area contributed by atoms with Gasteiger partial charge in [0, 0.05) is 0 Å². The lowest BCUT2D eigenvalue weighted by Gasteiger charge is -2.33. The minimum absolute atomic E-state index is 0.0666. The molecule has 2 nitrogen and oxygen atoms in total. The second-order valence-electron chi connectivity index (χ2n) is 5.27. The molecule has 1 aliphatic carbocycles. The fourth-order valence-electron chi connectivity index (χ4n) is 3.09. The van der Waals surface area contributed by atoms with Gasteiger partial charge in [-0.05, 0) is 38.2 Å². The van der Waals surface area contributed by atoms with E-state index in [1.807, 2.05) is 25.1 Å². The Morgan fingerprint density at radius 3 is 2.44 bits per heavy atom. The quantitative estimate of drug-likeness (QED) is 0.757. The molecule has 98 valence electrons. The highest BCUT2D eigenvalue weighted by molar-refractivity contribution is 5.83. The Bertz CT molecular complexity index is 393. The van der Waals surface area contributed by atoms with Crippen LogP contribution in [0, 0.1) is 5.92 Å². The molecule has 0 spiro atoms. The van der Waals surface area contributed by atoms with Crippen molar-refractivity contribution >= 4 is 5.97 Å². The summed E-state index contributed by atoms with van der Waals surface area (Å²) >= 11 is 0. The van der Waals surface area contributed by atoms with Crippen LogP contribution in [-0.4, -0.2) is 12.6 Å². The van der Waals surface area contributed by atoms with E-state index in [9.17, 15) is 4.79 Å². The van der Waals surface area contributed by atoms with E-state index >= 15 is 0 Å². The van der Waals surface area contributed by atoms with Crippen LogP contribution in [0.1, 0.15) is 45.1 Å². The number of benzene rings is 1. The van der Waals surface area contributed by atoms with Crippen LogP contribution in [0.2, 0.25) is 0 Å². The zero-order valence-electron chi connectivity index (χ0n) is 11.3. The molecule has 0 N–H and O–H groups in total. The third kappa shape index (κ3) is 2.29. The van der Waals surface area contributed by atoms with Crippen molar-refractivity contribution in [1.82, 2.24) is 0 Å². The highest BCUT2D eigenvalue weighted by Crippen LogP contribution is 2.42. The lowest BCUT2D eigenvalue weighted by Crippen LogP contribution is -2.40. The first kappa shape index (κ1) is 13.1. The van der Waals surface area contributed by atoms with Gasteiger partial charge in [0.25, 0.3) is 0 Å². The molecule has 0 bridgehead atoms. The van der Waals surface area contributed by atoms with E-state index in [4.69, 9.17) is 4.74 Å². The summed E-state index contributed by atoms with van der Waals surface area (Å²) in [5.41, 5.74) is 0.615. The smallest absolute Gasteiger partial charge is 0.316 e. The first-order chi connectivity index (χ1) is 8.69. The molecule has 1 aromatic rings. The van der Waals surface area contributed by atoms with E-state index in [0.717, 1.165) is 18.4 Å². The molecule has 0 aromatic heterocycles. The van der Waals surface area contributed by atoms with Gasteiger partial charge >= 0.3 is 5.97 Å². The molecule has 1 unspecified atom stereocenters. The molecule has 18 heavy (non-hydrogen) atoms. The molecule has 0 amide bonds. The lowest BCUT2D eigenvalue weighted by molar-refractivity contribution is -0.151. The fraction of sp³-hybridized carbons (Fsp3) is 0.562. The van der Waals surface area contributed by atoms with Crippen LogP contribution >= 0.6 is 0 Å². The summed E-state index contributed by atoms with van der Waals surface area (Å²) in [5, 5.41) is 0. The van der Waals surface area contributed by atoms with Gasteiger partial charge in [-0.25, -0.2) is 0 Å². The highest BCUT2D eigenvalue weighted by Gasteiger charge is 2.44. The van der Waals surface area contributed by atoms with Gasteiger partial charge < -0.3 is 4.74 Å². The fourth-order valence-corrected chi connectivity index (χ4v) is 3.09. The average Bonchev–Trinajstić information content (AvgIpc) is 2.93. The molecular weight excluding hydrogens is 224 g/mol. The summed E-state index contributed by atoms with van der Waals surface area (Å²) in [7, 11) is 0. The van der Waals surface area contributed by atoms with Crippen LogP contribution in [0.3, 0.4) is 0 Å². The first-order valence-corrected chi connectivity index (χ1v) is 6.92. The first-order valence-electron chi connectivity index (χ1n) is 6.92. The molecular formula is C16H22O2. The van der Waals surface area contributed by atoms with E-state index in [0.29, 0.717) is 12.5 Å². The van der Waals surface area contributed by atoms with Crippen molar-refractivity contribution in [3.8, 4) is 0 Å². The SMILES string of the molecule is CCOC(=O)C(C)(c1ccccc1)C1CCCC1. The van der Waals surface area contributed by atoms with Gasteiger partial charge in [0.1, 0.15) is 0 Å². The van der Waals surface area contributed by atoms with Crippen molar-refractivity contribution in [2.75, 3.05) is 6.61 Å². The van der Waals surface area contributed by atoms with Crippen LogP contribution in [0.15, 0.2) is 30.3 Å². The number of rotatable bonds is 4. The molecule has 0 heterocycles. The molecule has 1 saturated carbocycles. The molecule has 1 atom stereocenters. The molecule has 1 aromatic carbocycles. The number of carbonyl (C=O) groups excluding carboxylic acids is 1. The Morgan fingerprint density at radius 2 is 1.89 bits per heavy atom. The summed E-state index contributed by atoms with van der Waals surface area (Å²) in [6.07, 6.45) is 4.72. The van der Waals surface area contributed by atoms with Gasteiger partial charge in [-0.15, -0.1) is 0 Å². The predicted molar refractivity (Wildman–Crippen MR) is 72.4 cm³/mol. The number of esters is 1. The minimum atomic E-state index is -0.478. The Kier molecular flexibility index (Phi) is 4.05. The largest absolute Gasteiger partial charge is 0.465 e. The maximum absolute atomic E-state index is 12.4. The van der Waals surface area contributed by atoms with Crippen molar-refractivity contribution in [3.63, 3.8) is 0 Å². The molecule has 2 rings (SSSR count). The van der Waals surface area contributed by atoms with Crippen molar-refractivity contribution in [3.05, 3.63) is 35.9 Å². The van der Waals surface area contributed by atoms with Crippen LogP contribution in [-0.2, 0) is 14.9 Å². The summed E-state index contributed by atoms with van der Waals surface area (Å²) in [4.78, 5) is 12.4. The molecule has 0 aliphatic heterocycles. The third-order valence-corrected chi connectivity index (χ3v) is 4.24. The van der Waals surface area contributed by atoms with Gasteiger partial charge in [-0.3, -0.25) is 4.79 Å². The highest BCUT2D eigenvalue weighted by atomic mass is 16.5. The van der Waals surface area contributed by atoms with Crippen LogP contribution in [0.25, 0.3) is 0 Å². The Labute approximate surface area is 109 Å². The van der Waals surface area contributed by atoms with Crippen LogP contribution in [0.4, 0.5) is 0 Å². The zero-order chi connectivity index (χ0) is 13.0. The predicted octanol–water partition coefficient (Wildman–Crippen LogP) is 3.70. The molecule has 1 aliphatic rings. The standard InChI is InChI=1S/C16H22O2/c1-3-18-15(17)16(2,14-11-7-8-12-14)13-9-5-4-6-10-13/h4-6,9-10,14H,3,7-8,11-12H2,1-2H3. The maximum atomic E-state index is 12.4. The summed E-state index contributed by atoms with van der Waals surface area (Å²) in [6.45, 7) is 4.38. The van der Waals surface area contributed by atoms with E-state index in [1.165, 1.54) is 12.8 Å². The second kappa shape index (κ2) is 5.55. The Morgan fingerprint density at radius 1 is 1.28 bits per heavy atom. The topological polar surface area (TPSA) is 26.3 Å². The van der Waals surface area contributed by atoms with E-state index in [-0.39, 0.29) is 5.97 Å². The minimum Gasteiger partial charge on any atom is -0.465 e. The Balaban J connectivity index is 2.35. The van der Waals surface area contributed by atoms with Gasteiger partial charge in [-0.2, -0.15) is 0 Å². The lowest BCUT2D eigenvalue weighted by atomic mass is 9.71. The summed E-state index contributed by atoms with van der Waals surface area (Å²) in [5.74, 6) is 0.349. The summed E-state index contributed by atoms with van der Waals surface area (Å²) < 4.78 is 5.33.